The molecule has 0 N–H and O–H groups in total. The van der Waals surface area contributed by atoms with Gasteiger partial charge in [-0.3, -0.25) is 4.90 Å². The SMILES string of the molecule is CCCN(CC(COC)OC)C1CCc2cccc(Cl)c2C1.Cl. The lowest BCUT2D eigenvalue weighted by atomic mass is 9.87. The maximum Gasteiger partial charge on any atom is 0.0931 e. The zero-order valence-corrected chi connectivity index (χ0v) is 16.0. The fraction of sp³-hybridized carbons (Fsp3) is 0.667. The van der Waals surface area contributed by atoms with E-state index in [4.69, 9.17) is 21.1 Å². The maximum absolute atomic E-state index is 6.41. The van der Waals surface area contributed by atoms with Gasteiger partial charge in [0.15, 0.2) is 0 Å². The Bertz CT molecular complexity index is 470. The van der Waals surface area contributed by atoms with E-state index < -0.39 is 0 Å². The van der Waals surface area contributed by atoms with Crippen LogP contribution in [0.25, 0.3) is 0 Å². The largest absolute Gasteiger partial charge is 0.382 e. The van der Waals surface area contributed by atoms with Gasteiger partial charge in [-0.1, -0.05) is 30.7 Å². The van der Waals surface area contributed by atoms with E-state index in [0.717, 1.165) is 37.4 Å². The Morgan fingerprint density at radius 3 is 2.78 bits per heavy atom. The third-order valence-electron chi connectivity index (χ3n) is 4.55. The molecule has 0 radical (unpaired) electrons. The van der Waals surface area contributed by atoms with Crippen LogP contribution in [-0.2, 0) is 22.3 Å². The number of methoxy groups -OCH3 is 2. The lowest BCUT2D eigenvalue weighted by Gasteiger charge is -2.37. The van der Waals surface area contributed by atoms with Crippen LogP contribution < -0.4 is 0 Å². The van der Waals surface area contributed by atoms with E-state index in [1.165, 1.54) is 17.5 Å². The summed E-state index contributed by atoms with van der Waals surface area (Å²) in [7, 11) is 3.49. The molecule has 0 aliphatic heterocycles. The van der Waals surface area contributed by atoms with Crippen molar-refractivity contribution in [1.29, 1.82) is 0 Å². The molecule has 0 heterocycles. The molecular weight excluding hydrogens is 333 g/mol. The van der Waals surface area contributed by atoms with Crippen LogP contribution in [0.1, 0.15) is 30.9 Å². The van der Waals surface area contributed by atoms with Crippen molar-refractivity contribution in [3.63, 3.8) is 0 Å². The molecular formula is C18H29Cl2NO2. The highest BCUT2D eigenvalue weighted by molar-refractivity contribution is 6.31. The van der Waals surface area contributed by atoms with Crippen LogP contribution in [0.4, 0.5) is 0 Å². The van der Waals surface area contributed by atoms with Crippen molar-refractivity contribution in [2.24, 2.45) is 0 Å². The monoisotopic (exact) mass is 361 g/mol. The molecule has 132 valence electrons. The number of benzene rings is 1. The van der Waals surface area contributed by atoms with Gasteiger partial charge in [0.1, 0.15) is 0 Å². The number of rotatable bonds is 8. The minimum Gasteiger partial charge on any atom is -0.382 e. The summed E-state index contributed by atoms with van der Waals surface area (Å²) in [4.78, 5) is 2.56. The molecule has 3 nitrogen and oxygen atoms in total. The molecule has 5 heteroatoms. The average Bonchev–Trinajstić information content (AvgIpc) is 2.54. The van der Waals surface area contributed by atoms with Gasteiger partial charge in [-0.25, -0.2) is 0 Å². The van der Waals surface area contributed by atoms with Crippen molar-refractivity contribution in [3.8, 4) is 0 Å². The fourth-order valence-electron chi connectivity index (χ4n) is 3.39. The van der Waals surface area contributed by atoms with Crippen LogP contribution in [0.2, 0.25) is 5.02 Å². The van der Waals surface area contributed by atoms with Gasteiger partial charge in [0.2, 0.25) is 0 Å². The normalized spacial score (nSPS) is 18.4. The first-order valence-electron chi connectivity index (χ1n) is 8.21. The summed E-state index contributed by atoms with van der Waals surface area (Å²) in [5.74, 6) is 0. The number of aryl methyl sites for hydroxylation is 1. The van der Waals surface area contributed by atoms with E-state index in [1.807, 2.05) is 6.07 Å². The van der Waals surface area contributed by atoms with Crippen molar-refractivity contribution >= 4 is 24.0 Å². The van der Waals surface area contributed by atoms with Crippen LogP contribution >= 0.6 is 24.0 Å². The van der Waals surface area contributed by atoms with Crippen molar-refractivity contribution < 1.29 is 9.47 Å². The van der Waals surface area contributed by atoms with Crippen molar-refractivity contribution in [2.45, 2.75) is 44.8 Å². The highest BCUT2D eigenvalue weighted by atomic mass is 35.5. The third-order valence-corrected chi connectivity index (χ3v) is 4.91. The quantitative estimate of drug-likeness (QED) is 0.698. The van der Waals surface area contributed by atoms with E-state index in [2.05, 4.69) is 24.0 Å². The van der Waals surface area contributed by atoms with Gasteiger partial charge in [0.25, 0.3) is 0 Å². The van der Waals surface area contributed by atoms with Crippen molar-refractivity contribution in [2.75, 3.05) is 33.9 Å². The van der Waals surface area contributed by atoms with Gasteiger partial charge in [-0.05, 0) is 49.4 Å². The summed E-state index contributed by atoms with van der Waals surface area (Å²) < 4.78 is 10.8. The Morgan fingerprint density at radius 1 is 1.35 bits per heavy atom. The number of nitrogens with zero attached hydrogens (tertiary/aromatic N) is 1. The molecule has 2 atom stereocenters. The first-order chi connectivity index (χ1) is 10.7. The average molecular weight is 362 g/mol. The second-order valence-electron chi connectivity index (χ2n) is 6.08. The van der Waals surface area contributed by atoms with Gasteiger partial charge < -0.3 is 9.47 Å². The Balaban J connectivity index is 0.00000264. The number of fused-ring (bicyclic) bond motifs is 1. The van der Waals surface area contributed by atoms with Crippen LogP contribution in [0.5, 0.6) is 0 Å². The number of hydrogen-bond donors (Lipinski definition) is 0. The zero-order chi connectivity index (χ0) is 15.9. The van der Waals surface area contributed by atoms with Gasteiger partial charge in [0.05, 0.1) is 12.7 Å². The molecule has 0 amide bonds. The molecule has 1 aromatic carbocycles. The summed E-state index contributed by atoms with van der Waals surface area (Å²) in [6.45, 7) is 4.88. The first kappa shape index (κ1) is 20.7. The molecule has 1 aliphatic carbocycles. The molecule has 2 rings (SSSR count). The molecule has 1 aromatic rings. The molecule has 0 spiro atoms. The molecule has 0 fully saturated rings. The van der Waals surface area contributed by atoms with E-state index in [1.54, 1.807) is 14.2 Å². The van der Waals surface area contributed by atoms with E-state index >= 15 is 0 Å². The highest BCUT2D eigenvalue weighted by Crippen LogP contribution is 2.30. The molecule has 0 aromatic heterocycles. The topological polar surface area (TPSA) is 21.7 Å². The van der Waals surface area contributed by atoms with Gasteiger partial charge in [0, 0.05) is 31.8 Å². The smallest absolute Gasteiger partial charge is 0.0931 e. The Morgan fingerprint density at radius 2 is 2.13 bits per heavy atom. The van der Waals surface area contributed by atoms with Gasteiger partial charge in [-0.15, -0.1) is 12.4 Å². The van der Waals surface area contributed by atoms with Crippen molar-refractivity contribution in [3.05, 3.63) is 34.3 Å². The number of halogens is 2. The minimum absolute atomic E-state index is 0. The van der Waals surface area contributed by atoms with Crippen LogP contribution in [0, 0.1) is 0 Å². The van der Waals surface area contributed by atoms with Gasteiger partial charge >= 0.3 is 0 Å². The van der Waals surface area contributed by atoms with Crippen LogP contribution in [0.3, 0.4) is 0 Å². The third kappa shape index (κ3) is 5.61. The van der Waals surface area contributed by atoms with Crippen molar-refractivity contribution in [1.82, 2.24) is 4.90 Å². The molecule has 0 saturated heterocycles. The molecule has 0 bridgehead atoms. The molecule has 1 aliphatic rings. The number of hydrogen-bond acceptors (Lipinski definition) is 3. The van der Waals surface area contributed by atoms with Crippen LogP contribution in [-0.4, -0.2) is 51.0 Å². The first-order valence-corrected chi connectivity index (χ1v) is 8.59. The second-order valence-corrected chi connectivity index (χ2v) is 6.49. The Labute approximate surface area is 151 Å². The minimum atomic E-state index is 0. The summed E-state index contributed by atoms with van der Waals surface area (Å²) in [6.07, 6.45) is 4.62. The fourth-order valence-corrected chi connectivity index (χ4v) is 3.66. The second kappa shape index (κ2) is 10.5. The highest BCUT2D eigenvalue weighted by Gasteiger charge is 2.26. The predicted molar refractivity (Wildman–Crippen MR) is 99.1 cm³/mol. The molecule has 2 unspecified atom stereocenters. The molecule has 23 heavy (non-hydrogen) atoms. The summed E-state index contributed by atoms with van der Waals surface area (Å²) in [5, 5.41) is 0.916. The summed E-state index contributed by atoms with van der Waals surface area (Å²) in [6, 6.07) is 6.83. The maximum atomic E-state index is 6.41. The number of ether oxygens (including phenoxy) is 2. The Kier molecular flexibility index (Phi) is 9.48. The van der Waals surface area contributed by atoms with Crippen LogP contribution in [0.15, 0.2) is 18.2 Å². The summed E-state index contributed by atoms with van der Waals surface area (Å²) in [5.41, 5.74) is 2.75. The lowest BCUT2D eigenvalue weighted by molar-refractivity contribution is -0.00395. The zero-order valence-electron chi connectivity index (χ0n) is 14.4. The van der Waals surface area contributed by atoms with E-state index in [9.17, 15) is 0 Å². The predicted octanol–water partition coefficient (Wildman–Crippen LogP) is 3.99. The van der Waals surface area contributed by atoms with Gasteiger partial charge in [-0.2, -0.15) is 0 Å². The Hall–Kier alpha value is -0.320. The van der Waals surface area contributed by atoms with E-state index in [0.29, 0.717) is 12.6 Å². The summed E-state index contributed by atoms with van der Waals surface area (Å²) >= 11 is 6.41. The molecule has 0 saturated carbocycles. The van der Waals surface area contributed by atoms with E-state index in [-0.39, 0.29) is 18.5 Å². The lowest BCUT2D eigenvalue weighted by Crippen LogP contribution is -2.45. The standard InChI is InChI=1S/C18H28ClNO2.ClH/c1-4-10-20(12-16(22-3)13-21-2)15-9-8-14-6-5-7-18(19)17(14)11-15;/h5-7,15-16H,4,8-13H2,1-3H3;1H.